The van der Waals surface area contributed by atoms with Crippen LogP contribution < -0.4 is 0 Å². The lowest BCUT2D eigenvalue weighted by Crippen LogP contribution is -2.61. The smallest absolute Gasteiger partial charge is 0.184 e. The molecule has 3 unspecified atom stereocenters. The highest BCUT2D eigenvalue weighted by Gasteiger charge is 2.49. The van der Waals surface area contributed by atoms with Crippen LogP contribution in [0.1, 0.15) is 18.8 Å². The van der Waals surface area contributed by atoms with Crippen LogP contribution in [0.25, 0.3) is 0 Å². The molecule has 0 aromatic heterocycles. The van der Waals surface area contributed by atoms with Crippen LogP contribution in [0.5, 0.6) is 0 Å². The summed E-state index contributed by atoms with van der Waals surface area (Å²) < 4.78 is 23.3. The summed E-state index contributed by atoms with van der Waals surface area (Å²) in [5.41, 5.74) is 0.645. The van der Waals surface area contributed by atoms with E-state index in [-0.39, 0.29) is 17.6 Å². The molecule has 2 heterocycles. The van der Waals surface area contributed by atoms with Crippen LogP contribution in [0.4, 0.5) is 0 Å². The van der Waals surface area contributed by atoms with Crippen LogP contribution in [0.2, 0.25) is 0 Å². The van der Waals surface area contributed by atoms with Crippen LogP contribution in [0, 0.1) is 0 Å². The number of thioether (sulfide) groups is 1. The highest BCUT2D eigenvalue weighted by atomic mass is 32.2. The van der Waals surface area contributed by atoms with Crippen LogP contribution in [0.15, 0.2) is 30.3 Å². The fraction of sp³-hybridized carbons (Fsp3) is 0.625. The first-order chi connectivity index (χ1) is 10.7. The molecule has 0 radical (unpaired) electrons. The van der Waals surface area contributed by atoms with Crippen molar-refractivity contribution in [1.82, 2.24) is 0 Å². The predicted octanol–water partition coefficient (Wildman–Crippen LogP) is 1.95. The highest BCUT2D eigenvalue weighted by Crippen LogP contribution is 2.37. The normalized spacial score (nSPS) is 38.5. The van der Waals surface area contributed by atoms with Crippen LogP contribution in [-0.2, 0) is 18.9 Å². The predicted molar refractivity (Wildman–Crippen MR) is 83.6 cm³/mol. The molecule has 1 aromatic carbocycles. The molecular formula is C16H22O5S. The number of benzene rings is 1. The Kier molecular flexibility index (Phi) is 5.38. The largest absolute Gasteiger partial charge is 0.387 e. The van der Waals surface area contributed by atoms with Gasteiger partial charge >= 0.3 is 0 Å². The third-order valence-electron chi connectivity index (χ3n) is 3.98. The van der Waals surface area contributed by atoms with Crippen molar-refractivity contribution in [2.24, 2.45) is 0 Å². The summed E-state index contributed by atoms with van der Waals surface area (Å²) in [4.78, 5) is 0. The second-order valence-corrected chi connectivity index (χ2v) is 6.74. The molecule has 0 bridgehead atoms. The van der Waals surface area contributed by atoms with Crippen LogP contribution in [0.3, 0.4) is 0 Å². The fourth-order valence-electron chi connectivity index (χ4n) is 2.92. The van der Waals surface area contributed by atoms with Gasteiger partial charge < -0.3 is 24.1 Å². The van der Waals surface area contributed by atoms with Gasteiger partial charge in [0, 0.05) is 12.7 Å². The highest BCUT2D eigenvalue weighted by molar-refractivity contribution is 7.99. The van der Waals surface area contributed by atoms with Gasteiger partial charge in [0.05, 0.1) is 6.61 Å². The zero-order valence-corrected chi connectivity index (χ0v) is 13.6. The number of methoxy groups -OCH3 is 1. The van der Waals surface area contributed by atoms with E-state index < -0.39 is 18.5 Å². The van der Waals surface area contributed by atoms with Gasteiger partial charge in [-0.3, -0.25) is 0 Å². The molecule has 5 nitrogen and oxygen atoms in total. The van der Waals surface area contributed by atoms with Crippen molar-refractivity contribution in [3.05, 3.63) is 35.9 Å². The van der Waals surface area contributed by atoms with Gasteiger partial charge in [0.1, 0.15) is 29.9 Å². The van der Waals surface area contributed by atoms with Crippen molar-refractivity contribution >= 4 is 11.8 Å². The minimum Gasteiger partial charge on any atom is -0.387 e. The van der Waals surface area contributed by atoms with E-state index in [0.29, 0.717) is 6.61 Å². The maximum Gasteiger partial charge on any atom is 0.184 e. The van der Waals surface area contributed by atoms with Crippen LogP contribution in [-0.4, -0.2) is 54.4 Å². The zero-order chi connectivity index (χ0) is 15.5. The molecule has 3 rings (SSSR count). The maximum absolute atomic E-state index is 10.5. The van der Waals surface area contributed by atoms with Gasteiger partial charge in [-0.2, -0.15) is 0 Å². The number of rotatable bonds is 4. The molecule has 0 aliphatic carbocycles. The Balaban J connectivity index is 1.75. The van der Waals surface area contributed by atoms with Gasteiger partial charge in [-0.1, -0.05) is 37.3 Å². The lowest BCUT2D eigenvalue weighted by Gasteiger charge is -2.47. The van der Waals surface area contributed by atoms with E-state index in [1.54, 1.807) is 18.9 Å². The molecule has 2 aliphatic heterocycles. The molecule has 2 fully saturated rings. The third kappa shape index (κ3) is 3.18. The fourth-order valence-corrected chi connectivity index (χ4v) is 3.82. The summed E-state index contributed by atoms with van der Waals surface area (Å²) in [6, 6.07) is 9.77. The lowest BCUT2D eigenvalue weighted by molar-refractivity contribution is -0.321. The van der Waals surface area contributed by atoms with Crippen LogP contribution >= 0.6 is 11.8 Å². The summed E-state index contributed by atoms with van der Waals surface area (Å²) in [5.74, 6) is 0.865. The van der Waals surface area contributed by atoms with Crippen molar-refractivity contribution < 1.29 is 24.1 Å². The molecule has 6 heteroatoms. The molecule has 0 spiro atoms. The first-order valence-electron chi connectivity index (χ1n) is 7.54. The molecule has 0 amide bonds. The molecule has 6 atom stereocenters. The van der Waals surface area contributed by atoms with Crippen molar-refractivity contribution in [2.45, 2.75) is 43.1 Å². The third-order valence-corrected chi connectivity index (χ3v) is 5.03. The Morgan fingerprint density at radius 2 is 2.05 bits per heavy atom. The summed E-state index contributed by atoms with van der Waals surface area (Å²) in [5, 5.41) is 10.5. The zero-order valence-electron chi connectivity index (χ0n) is 12.8. The number of hydrogen-bond acceptors (Lipinski definition) is 6. The van der Waals surface area contributed by atoms with Gasteiger partial charge in [-0.05, 0) is 5.75 Å². The minimum absolute atomic E-state index is 0.225. The Morgan fingerprint density at radius 3 is 2.73 bits per heavy atom. The van der Waals surface area contributed by atoms with Gasteiger partial charge in [0.2, 0.25) is 0 Å². The Morgan fingerprint density at radius 1 is 1.27 bits per heavy atom. The van der Waals surface area contributed by atoms with Crippen molar-refractivity contribution in [3.63, 3.8) is 0 Å². The average molecular weight is 326 g/mol. The Hall–Kier alpha value is -0.630. The summed E-state index contributed by atoms with van der Waals surface area (Å²) in [6.45, 7) is 2.46. The van der Waals surface area contributed by atoms with Crippen molar-refractivity contribution in [3.8, 4) is 0 Å². The molecule has 0 saturated carbocycles. The Labute approximate surface area is 134 Å². The molecule has 122 valence electrons. The molecule has 22 heavy (non-hydrogen) atoms. The summed E-state index contributed by atoms with van der Waals surface area (Å²) >= 11 is 1.57. The first kappa shape index (κ1) is 16.2. The quantitative estimate of drug-likeness (QED) is 0.913. The second-order valence-electron chi connectivity index (χ2n) is 5.37. The minimum atomic E-state index is -0.717. The van der Waals surface area contributed by atoms with Crippen molar-refractivity contribution in [2.75, 3.05) is 19.5 Å². The van der Waals surface area contributed by atoms with E-state index in [2.05, 4.69) is 0 Å². The molecule has 2 saturated heterocycles. The van der Waals surface area contributed by atoms with E-state index in [9.17, 15) is 5.11 Å². The average Bonchev–Trinajstić information content (AvgIpc) is 2.56. The number of aliphatic hydroxyl groups is 1. The standard InChI is InChI=1S/C16H22O5S/c1-3-22-16-12(17)14(18-2)13-11(20-16)9-19-15(21-13)10-7-5-4-6-8-10/h4-8,11-17H,3,9H2,1-2H3/t11?,12?,13-,14-,15?,16+/m1/s1. The maximum atomic E-state index is 10.5. The molecule has 2 aliphatic rings. The number of aliphatic hydroxyl groups excluding tert-OH is 1. The molecule has 1 N–H and O–H groups in total. The number of ether oxygens (including phenoxy) is 4. The van der Waals surface area contributed by atoms with Gasteiger partial charge in [-0.15, -0.1) is 11.8 Å². The van der Waals surface area contributed by atoms with E-state index in [1.165, 1.54) is 0 Å². The van der Waals surface area contributed by atoms with Gasteiger partial charge in [0.15, 0.2) is 6.29 Å². The monoisotopic (exact) mass is 326 g/mol. The first-order valence-corrected chi connectivity index (χ1v) is 8.59. The molecule has 1 aromatic rings. The van der Waals surface area contributed by atoms with Gasteiger partial charge in [-0.25, -0.2) is 0 Å². The van der Waals surface area contributed by atoms with Gasteiger partial charge in [0.25, 0.3) is 0 Å². The second kappa shape index (κ2) is 7.29. The Bertz CT molecular complexity index is 471. The van der Waals surface area contributed by atoms with E-state index in [1.807, 2.05) is 37.3 Å². The molecular weight excluding hydrogens is 304 g/mol. The van der Waals surface area contributed by atoms with E-state index >= 15 is 0 Å². The van der Waals surface area contributed by atoms with Crippen molar-refractivity contribution in [1.29, 1.82) is 0 Å². The number of fused-ring (bicyclic) bond motifs is 1. The summed E-state index contributed by atoms with van der Waals surface area (Å²) in [7, 11) is 1.60. The summed E-state index contributed by atoms with van der Waals surface area (Å²) in [6.07, 6.45) is -2.15. The number of hydrogen-bond donors (Lipinski definition) is 1. The topological polar surface area (TPSA) is 57.2 Å². The lowest BCUT2D eigenvalue weighted by atomic mass is 9.98. The SMILES string of the molecule is CCS[C@@H]1OC2COC(c3ccccc3)O[C@H]2[C@H](OC)C1O. The van der Waals surface area contributed by atoms with E-state index in [0.717, 1.165) is 11.3 Å². The van der Waals surface area contributed by atoms with E-state index in [4.69, 9.17) is 18.9 Å².